The van der Waals surface area contributed by atoms with E-state index in [1.807, 2.05) is 30.3 Å². The summed E-state index contributed by atoms with van der Waals surface area (Å²) in [6, 6.07) is 9.62. The van der Waals surface area contributed by atoms with Gasteiger partial charge >= 0.3 is 0 Å². The minimum absolute atomic E-state index is 0.0807. The highest BCUT2D eigenvalue weighted by molar-refractivity contribution is 5.90. The van der Waals surface area contributed by atoms with Crippen LogP contribution in [0.1, 0.15) is 24.8 Å². The first-order valence-corrected chi connectivity index (χ1v) is 7.95. The molecular formula is C18H23FN2O2. The number of piperidine rings is 1. The van der Waals surface area contributed by atoms with Crippen LogP contribution in [0.25, 0.3) is 0 Å². The number of carbonyl (C=O) groups is 2. The van der Waals surface area contributed by atoms with Gasteiger partial charge in [0.1, 0.15) is 0 Å². The number of likely N-dealkylation sites (tertiary alicyclic amines) is 1. The first-order chi connectivity index (χ1) is 11.1. The Kier molecular flexibility index (Phi) is 5.90. The van der Waals surface area contributed by atoms with Gasteiger partial charge in [0.25, 0.3) is 0 Å². The standard InChI is InChI=1S/C18H23FN2O2/c1-2-16(22)21-13-9-18(10-14-21,15-7-4-3-5-8-15)17(23)20-12-6-11-19/h2-5,7-8H,1,6,9-14H2,(H,20,23). The number of rotatable bonds is 6. The predicted molar refractivity (Wildman–Crippen MR) is 87.7 cm³/mol. The van der Waals surface area contributed by atoms with Crippen LogP contribution in [0.2, 0.25) is 0 Å². The van der Waals surface area contributed by atoms with E-state index in [1.54, 1.807) is 4.90 Å². The minimum Gasteiger partial charge on any atom is -0.355 e. The predicted octanol–water partition coefficient (Wildman–Crippen LogP) is 2.21. The van der Waals surface area contributed by atoms with Crippen molar-refractivity contribution in [1.29, 1.82) is 0 Å². The number of nitrogens with one attached hydrogen (secondary N) is 1. The minimum atomic E-state index is -0.657. The smallest absolute Gasteiger partial charge is 0.245 e. The SMILES string of the molecule is C=CC(=O)N1CCC(C(=O)NCCCF)(c2ccccc2)CC1. The summed E-state index contributed by atoms with van der Waals surface area (Å²) in [5, 5.41) is 2.85. The quantitative estimate of drug-likeness (QED) is 0.646. The Morgan fingerprint density at radius 1 is 1.26 bits per heavy atom. The second kappa shape index (κ2) is 7.90. The Balaban J connectivity index is 2.19. The van der Waals surface area contributed by atoms with Gasteiger partial charge in [0.2, 0.25) is 11.8 Å². The fourth-order valence-electron chi connectivity index (χ4n) is 3.08. The van der Waals surface area contributed by atoms with Crippen molar-refractivity contribution in [2.45, 2.75) is 24.7 Å². The van der Waals surface area contributed by atoms with Gasteiger partial charge in [-0.3, -0.25) is 14.0 Å². The molecule has 1 saturated heterocycles. The largest absolute Gasteiger partial charge is 0.355 e. The third kappa shape index (κ3) is 3.78. The molecule has 1 aromatic rings. The Morgan fingerprint density at radius 3 is 2.48 bits per heavy atom. The van der Waals surface area contributed by atoms with E-state index in [2.05, 4.69) is 11.9 Å². The lowest BCUT2D eigenvalue weighted by atomic mass is 9.72. The van der Waals surface area contributed by atoms with Gasteiger partial charge in [-0.15, -0.1) is 0 Å². The van der Waals surface area contributed by atoms with Crippen molar-refractivity contribution >= 4 is 11.8 Å². The molecule has 0 radical (unpaired) electrons. The summed E-state index contributed by atoms with van der Waals surface area (Å²) in [5.41, 5.74) is 0.290. The van der Waals surface area contributed by atoms with Gasteiger partial charge in [-0.25, -0.2) is 0 Å². The molecule has 4 nitrogen and oxygen atoms in total. The van der Waals surface area contributed by atoms with E-state index < -0.39 is 12.1 Å². The van der Waals surface area contributed by atoms with Gasteiger partial charge < -0.3 is 10.2 Å². The van der Waals surface area contributed by atoms with Crippen molar-refractivity contribution < 1.29 is 14.0 Å². The number of carbonyl (C=O) groups excluding carboxylic acids is 2. The molecule has 0 aliphatic carbocycles. The number of nitrogens with zero attached hydrogens (tertiary/aromatic N) is 1. The Labute approximate surface area is 136 Å². The van der Waals surface area contributed by atoms with E-state index in [9.17, 15) is 14.0 Å². The van der Waals surface area contributed by atoms with Crippen LogP contribution in [0.5, 0.6) is 0 Å². The van der Waals surface area contributed by atoms with E-state index in [0.717, 1.165) is 5.56 Å². The molecule has 23 heavy (non-hydrogen) atoms. The molecule has 1 aromatic carbocycles. The highest BCUT2D eigenvalue weighted by Gasteiger charge is 2.43. The van der Waals surface area contributed by atoms with Crippen LogP contribution >= 0.6 is 0 Å². The summed E-state index contributed by atoms with van der Waals surface area (Å²) in [6.07, 6.45) is 2.73. The number of benzene rings is 1. The highest BCUT2D eigenvalue weighted by Crippen LogP contribution is 2.36. The van der Waals surface area contributed by atoms with Crippen molar-refractivity contribution in [3.8, 4) is 0 Å². The first-order valence-electron chi connectivity index (χ1n) is 7.95. The molecule has 1 aliphatic heterocycles. The van der Waals surface area contributed by atoms with Crippen LogP contribution in [-0.4, -0.2) is 43.0 Å². The third-order valence-corrected chi connectivity index (χ3v) is 4.46. The number of alkyl halides is 1. The average molecular weight is 318 g/mol. The van der Waals surface area contributed by atoms with Crippen molar-refractivity contribution in [2.75, 3.05) is 26.3 Å². The molecule has 0 saturated carbocycles. The second-order valence-corrected chi connectivity index (χ2v) is 5.78. The van der Waals surface area contributed by atoms with Crippen LogP contribution in [0, 0.1) is 0 Å². The second-order valence-electron chi connectivity index (χ2n) is 5.78. The molecular weight excluding hydrogens is 295 g/mol. The number of amides is 2. The molecule has 0 unspecified atom stereocenters. The zero-order valence-electron chi connectivity index (χ0n) is 13.3. The van der Waals surface area contributed by atoms with Gasteiger partial charge in [0.15, 0.2) is 0 Å². The van der Waals surface area contributed by atoms with E-state index in [1.165, 1.54) is 6.08 Å². The van der Waals surface area contributed by atoms with Gasteiger partial charge in [-0.1, -0.05) is 36.9 Å². The van der Waals surface area contributed by atoms with Gasteiger partial charge in [-0.2, -0.15) is 0 Å². The van der Waals surface area contributed by atoms with E-state index in [4.69, 9.17) is 0 Å². The molecule has 1 fully saturated rings. The summed E-state index contributed by atoms with van der Waals surface area (Å²) in [6.45, 7) is 4.42. The molecule has 124 valence electrons. The Morgan fingerprint density at radius 2 is 1.91 bits per heavy atom. The normalized spacial score (nSPS) is 16.7. The fraction of sp³-hybridized carbons (Fsp3) is 0.444. The number of hydrogen-bond acceptors (Lipinski definition) is 2. The van der Waals surface area contributed by atoms with Crippen LogP contribution in [-0.2, 0) is 15.0 Å². The van der Waals surface area contributed by atoms with Crippen molar-refractivity contribution in [1.82, 2.24) is 10.2 Å². The molecule has 2 rings (SSSR count). The lowest BCUT2D eigenvalue weighted by Gasteiger charge is -2.40. The third-order valence-electron chi connectivity index (χ3n) is 4.46. The van der Waals surface area contributed by atoms with Gasteiger partial charge in [0, 0.05) is 19.6 Å². The molecule has 0 bridgehead atoms. The molecule has 0 spiro atoms. The highest BCUT2D eigenvalue weighted by atomic mass is 19.1. The zero-order valence-corrected chi connectivity index (χ0v) is 13.3. The van der Waals surface area contributed by atoms with Crippen LogP contribution < -0.4 is 5.32 Å². The maximum atomic E-state index is 12.8. The van der Waals surface area contributed by atoms with Crippen molar-refractivity contribution in [3.05, 3.63) is 48.6 Å². The van der Waals surface area contributed by atoms with E-state index >= 15 is 0 Å². The van der Waals surface area contributed by atoms with E-state index in [-0.39, 0.29) is 11.8 Å². The summed E-state index contributed by atoms with van der Waals surface area (Å²) in [4.78, 5) is 26.3. The monoisotopic (exact) mass is 318 g/mol. The summed E-state index contributed by atoms with van der Waals surface area (Å²) in [7, 11) is 0. The van der Waals surface area contributed by atoms with E-state index in [0.29, 0.717) is 38.9 Å². The van der Waals surface area contributed by atoms with Crippen molar-refractivity contribution in [2.24, 2.45) is 0 Å². The average Bonchev–Trinajstić information content (AvgIpc) is 2.62. The molecule has 0 aromatic heterocycles. The molecule has 5 heteroatoms. The number of hydrogen-bond donors (Lipinski definition) is 1. The van der Waals surface area contributed by atoms with Crippen LogP contribution in [0.3, 0.4) is 0 Å². The number of halogens is 1. The molecule has 0 atom stereocenters. The lowest BCUT2D eigenvalue weighted by Crippen LogP contribution is -2.52. The molecule has 2 amide bonds. The summed E-state index contributed by atoms with van der Waals surface area (Å²) in [5.74, 6) is -0.188. The molecule has 1 heterocycles. The topological polar surface area (TPSA) is 49.4 Å². The van der Waals surface area contributed by atoms with Gasteiger partial charge in [-0.05, 0) is 30.9 Å². The summed E-state index contributed by atoms with van der Waals surface area (Å²) < 4.78 is 12.3. The summed E-state index contributed by atoms with van der Waals surface area (Å²) >= 11 is 0. The van der Waals surface area contributed by atoms with Gasteiger partial charge in [0.05, 0.1) is 12.1 Å². The van der Waals surface area contributed by atoms with Crippen molar-refractivity contribution in [3.63, 3.8) is 0 Å². The Bertz CT molecular complexity index is 551. The maximum absolute atomic E-state index is 12.8. The Hall–Kier alpha value is -2.17. The maximum Gasteiger partial charge on any atom is 0.245 e. The van der Waals surface area contributed by atoms with Crippen LogP contribution in [0.4, 0.5) is 4.39 Å². The zero-order chi connectivity index (χ0) is 16.7. The first kappa shape index (κ1) is 17.2. The fourth-order valence-corrected chi connectivity index (χ4v) is 3.08. The molecule has 1 N–H and O–H groups in total. The lowest BCUT2D eigenvalue weighted by molar-refractivity contribution is -0.133. The van der Waals surface area contributed by atoms with Crippen LogP contribution in [0.15, 0.2) is 43.0 Å². The molecule has 1 aliphatic rings.